The number of benzene rings is 2. The summed E-state index contributed by atoms with van der Waals surface area (Å²) < 4.78 is 0. The number of carbonyl (C=O) groups excluding carboxylic acids is 3. The molecule has 0 atom stereocenters. The maximum absolute atomic E-state index is 12.7. The molecule has 2 heterocycles. The number of carbonyl (C=O) groups is 3. The zero-order valence-corrected chi connectivity index (χ0v) is 17.2. The predicted octanol–water partition coefficient (Wildman–Crippen LogP) is 4.48. The van der Waals surface area contributed by atoms with Gasteiger partial charge in [-0.3, -0.25) is 25.0 Å². The van der Waals surface area contributed by atoms with E-state index in [1.54, 1.807) is 30.3 Å². The van der Waals surface area contributed by atoms with Crippen LogP contribution in [-0.4, -0.2) is 22.0 Å². The minimum Gasteiger partial charge on any atom is -0.298 e. The minimum absolute atomic E-state index is 0.239. The smallest absolute Gasteiger partial charge is 0.290 e. The minimum atomic E-state index is -0.402. The first-order chi connectivity index (χ1) is 14.6. The average Bonchev–Trinajstić information content (AvgIpc) is 3.30. The van der Waals surface area contributed by atoms with Crippen LogP contribution in [0.4, 0.5) is 9.93 Å². The number of rotatable bonds is 3. The Morgan fingerprint density at radius 3 is 2.63 bits per heavy atom. The fourth-order valence-electron chi connectivity index (χ4n) is 3.48. The molecule has 1 aliphatic heterocycles. The molecule has 0 unspecified atom stereocenters. The molecule has 0 bridgehead atoms. The third kappa shape index (κ3) is 3.55. The second-order valence-electron chi connectivity index (χ2n) is 6.88. The van der Waals surface area contributed by atoms with Crippen molar-refractivity contribution in [3.63, 3.8) is 0 Å². The van der Waals surface area contributed by atoms with Crippen LogP contribution in [0.1, 0.15) is 26.4 Å². The molecule has 30 heavy (non-hydrogen) atoms. The number of hydrogen-bond acceptors (Lipinski definition) is 6. The summed E-state index contributed by atoms with van der Waals surface area (Å²) in [5.41, 5.74) is 4.61. The SMILES string of the molecule is O=C1NC(=O)/C(=C/c2ccc(C(=O)Nc3nc4c(s3)CCc3ccccc3-4)cc2)S1. The number of fused-ring (bicyclic) bond motifs is 3. The van der Waals surface area contributed by atoms with Gasteiger partial charge in [0.25, 0.3) is 17.1 Å². The number of nitrogens with zero attached hydrogens (tertiary/aromatic N) is 1. The Bertz CT molecular complexity index is 1230. The lowest BCUT2D eigenvalue weighted by Crippen LogP contribution is -2.17. The van der Waals surface area contributed by atoms with Gasteiger partial charge in [0.15, 0.2) is 5.13 Å². The van der Waals surface area contributed by atoms with Gasteiger partial charge in [-0.15, -0.1) is 11.3 Å². The molecule has 8 heteroatoms. The fourth-order valence-corrected chi connectivity index (χ4v) is 5.13. The van der Waals surface area contributed by atoms with Gasteiger partial charge in [-0.2, -0.15) is 0 Å². The Balaban J connectivity index is 1.32. The highest BCUT2D eigenvalue weighted by Crippen LogP contribution is 2.38. The van der Waals surface area contributed by atoms with Crippen molar-refractivity contribution in [3.05, 3.63) is 75.0 Å². The molecule has 2 N–H and O–H groups in total. The van der Waals surface area contributed by atoms with E-state index in [1.165, 1.54) is 21.8 Å². The molecule has 5 rings (SSSR count). The average molecular weight is 434 g/mol. The van der Waals surface area contributed by atoms with Crippen LogP contribution in [0.5, 0.6) is 0 Å². The van der Waals surface area contributed by atoms with Crippen molar-refractivity contribution >= 4 is 51.4 Å². The van der Waals surface area contributed by atoms with Crippen LogP contribution in [0.2, 0.25) is 0 Å². The quantitative estimate of drug-likeness (QED) is 0.595. The highest BCUT2D eigenvalue weighted by atomic mass is 32.2. The van der Waals surface area contributed by atoms with Gasteiger partial charge < -0.3 is 0 Å². The number of anilines is 1. The number of hydrogen-bond donors (Lipinski definition) is 2. The number of thioether (sulfide) groups is 1. The molecule has 3 amide bonds. The van der Waals surface area contributed by atoms with Crippen LogP contribution in [0, 0.1) is 0 Å². The number of aryl methyl sites for hydroxylation is 2. The normalized spacial score (nSPS) is 16.2. The van der Waals surface area contributed by atoms with Gasteiger partial charge in [-0.25, -0.2) is 4.98 Å². The summed E-state index contributed by atoms with van der Waals surface area (Å²) in [6.07, 6.45) is 3.54. The van der Waals surface area contributed by atoms with Gasteiger partial charge in [0.1, 0.15) is 0 Å². The highest BCUT2D eigenvalue weighted by Gasteiger charge is 2.25. The molecule has 148 valence electrons. The van der Waals surface area contributed by atoms with Crippen LogP contribution >= 0.6 is 23.1 Å². The van der Waals surface area contributed by atoms with Gasteiger partial charge in [0.2, 0.25) is 0 Å². The molecule has 1 aliphatic carbocycles. The molecule has 0 spiro atoms. The van der Waals surface area contributed by atoms with Crippen molar-refractivity contribution in [1.29, 1.82) is 0 Å². The van der Waals surface area contributed by atoms with Crippen molar-refractivity contribution in [3.8, 4) is 11.3 Å². The van der Waals surface area contributed by atoms with E-state index in [0.717, 1.165) is 41.4 Å². The monoisotopic (exact) mass is 433 g/mol. The number of thiazole rings is 1. The predicted molar refractivity (Wildman–Crippen MR) is 118 cm³/mol. The van der Waals surface area contributed by atoms with Gasteiger partial charge >= 0.3 is 0 Å². The molecule has 2 aliphatic rings. The molecular weight excluding hydrogens is 418 g/mol. The second kappa shape index (κ2) is 7.55. The Morgan fingerprint density at radius 2 is 1.87 bits per heavy atom. The molecule has 6 nitrogen and oxygen atoms in total. The van der Waals surface area contributed by atoms with E-state index in [4.69, 9.17) is 0 Å². The van der Waals surface area contributed by atoms with E-state index < -0.39 is 5.91 Å². The van der Waals surface area contributed by atoms with E-state index >= 15 is 0 Å². The number of aromatic nitrogens is 1. The second-order valence-corrected chi connectivity index (χ2v) is 8.97. The first kappa shape index (κ1) is 18.8. The third-order valence-electron chi connectivity index (χ3n) is 4.92. The summed E-state index contributed by atoms with van der Waals surface area (Å²) in [5.74, 6) is -0.641. The first-order valence-corrected chi connectivity index (χ1v) is 10.9. The first-order valence-electron chi connectivity index (χ1n) is 9.31. The zero-order chi connectivity index (χ0) is 20.7. The van der Waals surface area contributed by atoms with Gasteiger partial charge in [-0.05, 0) is 53.9 Å². The largest absolute Gasteiger partial charge is 0.298 e. The van der Waals surface area contributed by atoms with Crippen molar-refractivity contribution in [2.75, 3.05) is 5.32 Å². The standard InChI is InChI=1S/C22H15N3O3S2/c26-19(14-7-5-12(6-8-14)11-17-20(27)25-22(28)30-17)24-21-23-18-15-4-2-1-3-13(15)9-10-16(18)29-21/h1-8,11H,9-10H2,(H,23,24,26)(H,25,27,28)/b17-11-. The number of amides is 3. The zero-order valence-electron chi connectivity index (χ0n) is 15.6. The molecule has 0 radical (unpaired) electrons. The van der Waals surface area contributed by atoms with E-state index in [0.29, 0.717) is 15.6 Å². The van der Waals surface area contributed by atoms with E-state index in [1.807, 2.05) is 12.1 Å². The Kier molecular flexibility index (Phi) is 4.72. The molecule has 1 saturated heterocycles. The lowest BCUT2D eigenvalue weighted by molar-refractivity contribution is -0.115. The molecule has 1 fully saturated rings. The summed E-state index contributed by atoms with van der Waals surface area (Å²) in [5, 5.41) is 5.32. The number of nitrogens with one attached hydrogen (secondary N) is 2. The maximum Gasteiger partial charge on any atom is 0.290 e. The van der Waals surface area contributed by atoms with Crippen molar-refractivity contribution in [1.82, 2.24) is 10.3 Å². The number of imide groups is 1. The molecule has 3 aromatic rings. The van der Waals surface area contributed by atoms with Crippen molar-refractivity contribution < 1.29 is 14.4 Å². The third-order valence-corrected chi connectivity index (χ3v) is 6.77. The van der Waals surface area contributed by atoms with Crippen LogP contribution < -0.4 is 10.6 Å². The van der Waals surface area contributed by atoms with Gasteiger partial charge in [-0.1, -0.05) is 36.4 Å². The maximum atomic E-state index is 12.7. The van der Waals surface area contributed by atoms with Crippen LogP contribution in [0.25, 0.3) is 17.3 Å². The Hall–Kier alpha value is -3.23. The van der Waals surface area contributed by atoms with Crippen LogP contribution in [-0.2, 0) is 17.6 Å². The fraction of sp³-hybridized carbons (Fsp3) is 0.0909. The van der Waals surface area contributed by atoms with Crippen molar-refractivity contribution in [2.24, 2.45) is 0 Å². The van der Waals surface area contributed by atoms with Crippen LogP contribution in [0.15, 0.2) is 53.4 Å². The van der Waals surface area contributed by atoms with Crippen molar-refractivity contribution in [2.45, 2.75) is 12.8 Å². The Labute approximate surface area is 180 Å². The van der Waals surface area contributed by atoms with E-state index in [-0.39, 0.29) is 11.1 Å². The summed E-state index contributed by atoms with van der Waals surface area (Å²) in [7, 11) is 0. The van der Waals surface area contributed by atoms with E-state index in [9.17, 15) is 14.4 Å². The lowest BCUT2D eigenvalue weighted by Gasteiger charge is -2.13. The Morgan fingerprint density at radius 1 is 1.07 bits per heavy atom. The summed E-state index contributed by atoms with van der Waals surface area (Å²) in [4.78, 5) is 41.7. The van der Waals surface area contributed by atoms with E-state index in [2.05, 4.69) is 27.8 Å². The lowest BCUT2D eigenvalue weighted by atomic mass is 9.94. The highest BCUT2D eigenvalue weighted by molar-refractivity contribution is 8.18. The van der Waals surface area contributed by atoms with Crippen LogP contribution in [0.3, 0.4) is 0 Å². The molecule has 2 aromatic carbocycles. The topological polar surface area (TPSA) is 88.2 Å². The summed E-state index contributed by atoms with van der Waals surface area (Å²) in [6.45, 7) is 0. The summed E-state index contributed by atoms with van der Waals surface area (Å²) in [6, 6.07) is 15.1. The van der Waals surface area contributed by atoms with Gasteiger partial charge in [0.05, 0.1) is 10.6 Å². The molecular formula is C22H15N3O3S2. The summed E-state index contributed by atoms with van der Waals surface area (Å²) >= 11 is 2.38. The van der Waals surface area contributed by atoms with Gasteiger partial charge in [0, 0.05) is 16.0 Å². The molecule has 0 saturated carbocycles. The molecule has 1 aromatic heterocycles.